The lowest BCUT2D eigenvalue weighted by Gasteiger charge is -2.37. The molecule has 3 atom stereocenters. The van der Waals surface area contributed by atoms with E-state index in [9.17, 15) is 19.2 Å². The van der Waals surface area contributed by atoms with Crippen LogP contribution < -0.4 is 9.64 Å². The van der Waals surface area contributed by atoms with Crippen molar-refractivity contribution in [3.8, 4) is 5.88 Å². The van der Waals surface area contributed by atoms with E-state index in [1.54, 1.807) is 4.90 Å². The molecule has 1 aliphatic rings. The maximum atomic E-state index is 12.8. The number of hydrogen-bond acceptors (Lipinski definition) is 13. The number of carbonyl (C=O) groups is 4. The Morgan fingerprint density at radius 2 is 1.59 bits per heavy atom. The Balaban J connectivity index is 2.12. The topological polar surface area (TPSA) is 147 Å². The Bertz CT molecular complexity index is 943. The van der Waals surface area contributed by atoms with Crippen molar-refractivity contribution < 1.29 is 42.9 Å². The van der Waals surface area contributed by atoms with Crippen LogP contribution in [0.1, 0.15) is 48.5 Å². The van der Waals surface area contributed by atoms with Crippen molar-refractivity contribution in [3.05, 3.63) is 0 Å². The first-order chi connectivity index (χ1) is 17.3. The zero-order valence-electron chi connectivity index (χ0n) is 22.3. The smallest absolute Gasteiger partial charge is 0.347 e. The fourth-order valence-corrected chi connectivity index (χ4v) is 4.00. The van der Waals surface area contributed by atoms with Crippen molar-refractivity contribution in [2.75, 3.05) is 44.4 Å². The summed E-state index contributed by atoms with van der Waals surface area (Å²) in [5.41, 5.74) is -0.560. The lowest BCUT2D eigenvalue weighted by molar-refractivity contribution is -0.179. The van der Waals surface area contributed by atoms with E-state index in [1.165, 1.54) is 20.8 Å². The van der Waals surface area contributed by atoms with Crippen LogP contribution in [0, 0.1) is 0 Å². The Morgan fingerprint density at radius 3 is 2.16 bits per heavy atom. The van der Waals surface area contributed by atoms with Crippen LogP contribution in [0.25, 0.3) is 0 Å². The van der Waals surface area contributed by atoms with Gasteiger partial charge in [-0.2, -0.15) is 4.37 Å². The van der Waals surface area contributed by atoms with Crippen molar-refractivity contribution in [1.82, 2.24) is 13.6 Å². The number of rotatable bonds is 11. The Hall–Kier alpha value is -3.00. The molecule has 37 heavy (non-hydrogen) atoms. The van der Waals surface area contributed by atoms with E-state index in [0.29, 0.717) is 32.1 Å². The molecule has 1 aliphatic heterocycles. The highest BCUT2D eigenvalue weighted by molar-refractivity contribution is 6.99. The minimum absolute atomic E-state index is 0.0273. The van der Waals surface area contributed by atoms with Crippen LogP contribution in [0.4, 0.5) is 5.82 Å². The first-order valence-corrected chi connectivity index (χ1v) is 12.7. The summed E-state index contributed by atoms with van der Waals surface area (Å²) in [6, 6.07) is 0. The van der Waals surface area contributed by atoms with Gasteiger partial charge in [0.25, 0.3) is 5.88 Å². The molecule has 0 N–H and O–H groups in total. The summed E-state index contributed by atoms with van der Waals surface area (Å²) in [6.45, 7) is 13.1. The number of carbonyl (C=O) groups excluding carboxylic acids is 4. The molecule has 1 aromatic rings. The van der Waals surface area contributed by atoms with Crippen LogP contribution in [0.15, 0.2) is 0 Å². The van der Waals surface area contributed by atoms with Crippen LogP contribution in [0.3, 0.4) is 0 Å². The van der Waals surface area contributed by atoms with Gasteiger partial charge in [0.2, 0.25) is 11.7 Å². The van der Waals surface area contributed by atoms with Crippen molar-refractivity contribution in [3.63, 3.8) is 0 Å². The van der Waals surface area contributed by atoms with Gasteiger partial charge in [0.05, 0.1) is 31.5 Å². The summed E-state index contributed by atoms with van der Waals surface area (Å²) < 4.78 is 35.3. The molecule has 14 heteroatoms. The Morgan fingerprint density at radius 1 is 1.00 bits per heavy atom. The number of amides is 1. The van der Waals surface area contributed by atoms with E-state index in [1.807, 2.05) is 25.7 Å². The summed E-state index contributed by atoms with van der Waals surface area (Å²) in [4.78, 5) is 51.9. The average Bonchev–Trinajstić information content (AvgIpc) is 3.28. The second-order valence-electron chi connectivity index (χ2n) is 9.49. The molecule has 0 aromatic carbocycles. The molecule has 0 aliphatic carbocycles. The third-order valence-corrected chi connectivity index (χ3v) is 5.82. The highest BCUT2D eigenvalue weighted by Gasteiger charge is 2.32. The third-order valence-electron chi connectivity index (χ3n) is 5.32. The molecule has 1 fully saturated rings. The van der Waals surface area contributed by atoms with Gasteiger partial charge in [-0.3, -0.25) is 9.59 Å². The molecule has 13 nitrogen and oxygen atoms in total. The van der Waals surface area contributed by atoms with Crippen LogP contribution in [-0.2, 0) is 38.1 Å². The summed E-state index contributed by atoms with van der Waals surface area (Å²) in [5, 5.41) is 0. The molecule has 2 heterocycles. The number of morpholine rings is 1. The number of aromatic nitrogens is 2. The predicted octanol–water partition coefficient (Wildman–Crippen LogP) is 1.20. The summed E-state index contributed by atoms with van der Waals surface area (Å²) in [7, 11) is 0. The van der Waals surface area contributed by atoms with E-state index < -0.39 is 41.8 Å². The van der Waals surface area contributed by atoms with Gasteiger partial charge in [0.15, 0.2) is 18.3 Å². The molecule has 0 bridgehead atoms. The zero-order chi connectivity index (χ0) is 27.8. The molecule has 0 unspecified atom stereocenters. The number of esters is 3. The van der Waals surface area contributed by atoms with Crippen molar-refractivity contribution in [2.45, 2.75) is 72.3 Å². The van der Waals surface area contributed by atoms with Crippen molar-refractivity contribution in [2.24, 2.45) is 0 Å². The summed E-state index contributed by atoms with van der Waals surface area (Å²) in [5.74, 6) is -1.76. The van der Waals surface area contributed by atoms with Gasteiger partial charge in [-0.1, -0.05) is 0 Å². The van der Waals surface area contributed by atoms with Gasteiger partial charge < -0.3 is 33.5 Å². The zero-order valence-corrected chi connectivity index (χ0v) is 23.2. The molecule has 1 saturated heterocycles. The molecule has 0 radical (unpaired) electrons. The second kappa shape index (κ2) is 13.5. The fraction of sp³-hybridized carbons (Fsp3) is 0.739. The van der Waals surface area contributed by atoms with Crippen molar-refractivity contribution >= 4 is 41.4 Å². The average molecular weight is 545 g/mol. The SMILES string of the molecule is CC(=O)O[C@@H](C)C(=O)O[C@@H](C)C(=O)O[C@H](COc1nsnc1N1CCOCC1)CN(C(C)=O)C(C)(C)C. The molecule has 1 aromatic heterocycles. The molecule has 0 saturated carbocycles. The number of ether oxygens (including phenoxy) is 5. The van der Waals surface area contributed by atoms with E-state index in [-0.39, 0.29) is 24.9 Å². The molecular weight excluding hydrogens is 508 g/mol. The number of anilines is 1. The van der Waals surface area contributed by atoms with E-state index >= 15 is 0 Å². The minimum Gasteiger partial charge on any atom is -0.470 e. The van der Waals surface area contributed by atoms with E-state index in [4.69, 9.17) is 23.7 Å². The van der Waals surface area contributed by atoms with Gasteiger partial charge in [-0.25, -0.2) is 9.59 Å². The van der Waals surface area contributed by atoms with E-state index in [0.717, 1.165) is 18.7 Å². The predicted molar refractivity (Wildman–Crippen MR) is 132 cm³/mol. The maximum absolute atomic E-state index is 12.8. The first-order valence-electron chi connectivity index (χ1n) is 11.9. The minimum atomic E-state index is -1.29. The number of nitrogens with zero attached hydrogens (tertiary/aromatic N) is 4. The van der Waals surface area contributed by atoms with Crippen LogP contribution in [-0.4, -0.2) is 101 Å². The lowest BCUT2D eigenvalue weighted by Crippen LogP contribution is -2.50. The Kier molecular flexibility index (Phi) is 11.0. The highest BCUT2D eigenvalue weighted by atomic mass is 32.1. The molecule has 208 valence electrons. The molecule has 1 amide bonds. The van der Waals surface area contributed by atoms with Gasteiger partial charge in [0, 0.05) is 32.5 Å². The molecule has 2 rings (SSSR count). The van der Waals surface area contributed by atoms with Gasteiger partial charge >= 0.3 is 17.9 Å². The fourth-order valence-electron chi connectivity index (χ4n) is 3.48. The van der Waals surface area contributed by atoms with Crippen LogP contribution in [0.5, 0.6) is 5.88 Å². The summed E-state index contributed by atoms with van der Waals surface area (Å²) in [6.07, 6.45) is -3.39. The largest absolute Gasteiger partial charge is 0.470 e. The van der Waals surface area contributed by atoms with E-state index in [2.05, 4.69) is 8.75 Å². The first kappa shape index (κ1) is 30.2. The maximum Gasteiger partial charge on any atom is 0.347 e. The lowest BCUT2D eigenvalue weighted by atomic mass is 10.1. The number of hydrogen-bond donors (Lipinski definition) is 0. The normalized spacial score (nSPS) is 16.2. The van der Waals surface area contributed by atoms with Gasteiger partial charge in [-0.05, 0) is 34.6 Å². The van der Waals surface area contributed by atoms with Crippen molar-refractivity contribution in [1.29, 1.82) is 0 Å². The van der Waals surface area contributed by atoms with Gasteiger partial charge in [0.1, 0.15) is 6.61 Å². The highest BCUT2D eigenvalue weighted by Crippen LogP contribution is 2.27. The standard InChI is InChI=1S/C23H36N4O9S/c1-14(34-17(4)29)21(30)35-15(2)22(31)36-18(12-27(16(3)28)23(5,6)7)13-33-20-19(24-37-25-20)26-8-10-32-11-9-26/h14-15,18H,8-13H2,1-7H3/t14-,15-,18-/m0/s1. The second-order valence-corrected chi connectivity index (χ2v) is 10.0. The molecular formula is C23H36N4O9S. The Labute approximate surface area is 220 Å². The van der Waals surface area contributed by atoms with Crippen LogP contribution in [0.2, 0.25) is 0 Å². The quantitative estimate of drug-likeness (QED) is 0.291. The monoisotopic (exact) mass is 544 g/mol. The van der Waals surface area contributed by atoms with Crippen LogP contribution >= 0.6 is 11.7 Å². The summed E-state index contributed by atoms with van der Waals surface area (Å²) >= 11 is 0.994. The van der Waals surface area contributed by atoms with Gasteiger partial charge in [-0.15, -0.1) is 4.37 Å². The molecule has 0 spiro atoms. The third kappa shape index (κ3) is 9.43.